The lowest BCUT2D eigenvalue weighted by molar-refractivity contribution is 0.0602. The summed E-state index contributed by atoms with van der Waals surface area (Å²) < 4.78 is 15.7. The van der Waals surface area contributed by atoms with Gasteiger partial charge in [0.25, 0.3) is 5.89 Å². The van der Waals surface area contributed by atoms with Gasteiger partial charge in [-0.05, 0) is 24.3 Å². The highest BCUT2D eigenvalue weighted by molar-refractivity contribution is 5.95. The van der Waals surface area contributed by atoms with Gasteiger partial charge in [-0.3, -0.25) is 0 Å². The first-order valence-electron chi connectivity index (χ1n) is 7.60. The summed E-state index contributed by atoms with van der Waals surface area (Å²) in [5, 5.41) is 11.2. The molecule has 0 unspecified atom stereocenters. The predicted octanol–water partition coefficient (Wildman–Crippen LogP) is 3.14. The second kappa shape index (κ2) is 7.48. The molecule has 0 bridgehead atoms. The van der Waals surface area contributed by atoms with Gasteiger partial charge in [-0.15, -0.1) is 10.2 Å². The third-order valence-electron chi connectivity index (χ3n) is 3.57. The molecule has 0 fully saturated rings. The fourth-order valence-corrected chi connectivity index (χ4v) is 2.35. The quantitative estimate of drug-likeness (QED) is 0.690. The van der Waals surface area contributed by atoms with E-state index in [2.05, 4.69) is 15.5 Å². The number of benzene rings is 2. The van der Waals surface area contributed by atoms with Crippen LogP contribution in [0, 0.1) is 0 Å². The number of carbonyl (C=O) groups is 1. The third-order valence-corrected chi connectivity index (χ3v) is 3.57. The van der Waals surface area contributed by atoms with E-state index in [1.807, 2.05) is 30.3 Å². The fourth-order valence-electron chi connectivity index (χ4n) is 2.35. The zero-order valence-electron chi connectivity index (χ0n) is 13.9. The molecule has 0 atom stereocenters. The van der Waals surface area contributed by atoms with Gasteiger partial charge in [0.2, 0.25) is 5.89 Å². The molecule has 1 N–H and O–H groups in total. The van der Waals surface area contributed by atoms with Crippen LogP contribution in [0.4, 0.5) is 5.69 Å². The number of aromatic nitrogens is 2. The summed E-state index contributed by atoms with van der Waals surface area (Å²) in [7, 11) is 2.93. The average molecular weight is 339 g/mol. The topological polar surface area (TPSA) is 86.5 Å². The molecule has 3 rings (SSSR count). The first-order valence-corrected chi connectivity index (χ1v) is 7.60. The molecule has 1 aromatic heterocycles. The van der Waals surface area contributed by atoms with Crippen LogP contribution in [0.15, 0.2) is 52.9 Å². The standard InChI is InChI=1S/C18H17N3O4/c1-23-15-10-6-4-8-13(15)17-21-20-16(25-17)11-19-14-9-5-3-7-12(14)18(22)24-2/h3-10,19H,11H2,1-2H3. The second-order valence-electron chi connectivity index (χ2n) is 5.09. The van der Waals surface area contributed by atoms with Crippen molar-refractivity contribution in [2.75, 3.05) is 19.5 Å². The lowest BCUT2D eigenvalue weighted by Gasteiger charge is -2.08. The van der Waals surface area contributed by atoms with Crippen molar-refractivity contribution in [3.63, 3.8) is 0 Å². The van der Waals surface area contributed by atoms with Crippen molar-refractivity contribution in [2.24, 2.45) is 0 Å². The molecule has 0 spiro atoms. The molecule has 1 heterocycles. The van der Waals surface area contributed by atoms with Crippen LogP contribution in [0.1, 0.15) is 16.2 Å². The number of anilines is 1. The summed E-state index contributed by atoms with van der Waals surface area (Å²) in [6.45, 7) is 0.274. The summed E-state index contributed by atoms with van der Waals surface area (Å²) in [5.74, 6) is 1.00. The van der Waals surface area contributed by atoms with Crippen molar-refractivity contribution >= 4 is 11.7 Å². The molecule has 0 radical (unpaired) electrons. The van der Waals surface area contributed by atoms with Crippen molar-refractivity contribution < 1.29 is 18.7 Å². The Bertz CT molecular complexity index is 876. The van der Waals surface area contributed by atoms with Gasteiger partial charge in [0.15, 0.2) is 0 Å². The normalized spacial score (nSPS) is 10.3. The highest BCUT2D eigenvalue weighted by atomic mass is 16.5. The van der Waals surface area contributed by atoms with Gasteiger partial charge in [0.05, 0.1) is 31.9 Å². The number of carbonyl (C=O) groups excluding carboxylic acids is 1. The van der Waals surface area contributed by atoms with Gasteiger partial charge >= 0.3 is 5.97 Å². The SMILES string of the molecule is COC(=O)c1ccccc1NCc1nnc(-c2ccccc2OC)o1. The van der Waals surface area contributed by atoms with Crippen LogP contribution in [0.5, 0.6) is 5.75 Å². The number of hydrogen-bond donors (Lipinski definition) is 1. The van der Waals surface area contributed by atoms with Crippen molar-refractivity contribution in [3.8, 4) is 17.2 Å². The van der Waals surface area contributed by atoms with Crippen LogP contribution in [0.3, 0.4) is 0 Å². The van der Waals surface area contributed by atoms with Crippen LogP contribution < -0.4 is 10.1 Å². The van der Waals surface area contributed by atoms with Gasteiger partial charge in [0.1, 0.15) is 5.75 Å². The molecule has 3 aromatic rings. The van der Waals surface area contributed by atoms with E-state index in [0.717, 1.165) is 5.56 Å². The summed E-state index contributed by atoms with van der Waals surface area (Å²) in [6, 6.07) is 14.5. The minimum atomic E-state index is -0.414. The van der Waals surface area contributed by atoms with Crippen LogP contribution in [-0.4, -0.2) is 30.4 Å². The molecule has 0 amide bonds. The Hall–Kier alpha value is -3.35. The van der Waals surface area contributed by atoms with Crippen molar-refractivity contribution in [3.05, 3.63) is 60.0 Å². The molecule has 2 aromatic carbocycles. The van der Waals surface area contributed by atoms with Gasteiger partial charge in [-0.1, -0.05) is 24.3 Å². The number of methoxy groups -OCH3 is 2. The maximum atomic E-state index is 11.8. The summed E-state index contributed by atoms with van der Waals surface area (Å²) in [6.07, 6.45) is 0. The molecule has 0 saturated carbocycles. The molecule has 0 aliphatic rings. The maximum absolute atomic E-state index is 11.8. The van der Waals surface area contributed by atoms with E-state index in [-0.39, 0.29) is 6.54 Å². The zero-order chi connectivity index (χ0) is 17.6. The van der Waals surface area contributed by atoms with Crippen LogP contribution in [0.25, 0.3) is 11.5 Å². The van der Waals surface area contributed by atoms with E-state index >= 15 is 0 Å². The first-order chi connectivity index (χ1) is 12.2. The highest BCUT2D eigenvalue weighted by Gasteiger charge is 2.14. The van der Waals surface area contributed by atoms with E-state index in [4.69, 9.17) is 13.9 Å². The minimum Gasteiger partial charge on any atom is -0.496 e. The number of rotatable bonds is 6. The van der Waals surface area contributed by atoms with Crippen LogP contribution in [-0.2, 0) is 11.3 Å². The van der Waals surface area contributed by atoms with E-state index < -0.39 is 5.97 Å². The first kappa shape index (κ1) is 16.5. The average Bonchev–Trinajstić information content (AvgIpc) is 3.14. The predicted molar refractivity (Wildman–Crippen MR) is 91.4 cm³/mol. The Morgan fingerprint density at radius 3 is 2.64 bits per heavy atom. The molecular weight excluding hydrogens is 322 g/mol. The van der Waals surface area contributed by atoms with Crippen molar-refractivity contribution in [2.45, 2.75) is 6.54 Å². The lowest BCUT2D eigenvalue weighted by Crippen LogP contribution is -2.08. The number of ether oxygens (including phenoxy) is 2. The number of esters is 1. The number of nitrogens with zero attached hydrogens (tertiary/aromatic N) is 2. The minimum absolute atomic E-state index is 0.274. The lowest BCUT2D eigenvalue weighted by atomic mass is 10.2. The van der Waals surface area contributed by atoms with Crippen molar-refractivity contribution in [1.29, 1.82) is 0 Å². The van der Waals surface area contributed by atoms with E-state index in [9.17, 15) is 4.79 Å². The van der Waals surface area contributed by atoms with Gasteiger partial charge in [0, 0.05) is 5.69 Å². The summed E-state index contributed by atoms with van der Waals surface area (Å²) >= 11 is 0. The summed E-state index contributed by atoms with van der Waals surface area (Å²) in [5.41, 5.74) is 1.79. The Labute approximate surface area is 144 Å². The Morgan fingerprint density at radius 1 is 1.08 bits per heavy atom. The largest absolute Gasteiger partial charge is 0.496 e. The number of nitrogens with one attached hydrogen (secondary N) is 1. The van der Waals surface area contributed by atoms with E-state index in [1.54, 1.807) is 25.3 Å². The number of hydrogen-bond acceptors (Lipinski definition) is 7. The maximum Gasteiger partial charge on any atom is 0.339 e. The monoisotopic (exact) mass is 339 g/mol. The Kier molecular flexibility index (Phi) is 4.94. The smallest absolute Gasteiger partial charge is 0.339 e. The van der Waals surface area contributed by atoms with Crippen molar-refractivity contribution in [1.82, 2.24) is 10.2 Å². The Morgan fingerprint density at radius 2 is 1.84 bits per heavy atom. The molecule has 25 heavy (non-hydrogen) atoms. The third kappa shape index (κ3) is 3.60. The molecule has 0 aliphatic carbocycles. The molecule has 7 heteroatoms. The fraction of sp³-hybridized carbons (Fsp3) is 0.167. The molecule has 0 saturated heterocycles. The van der Waals surface area contributed by atoms with Gasteiger partial charge < -0.3 is 19.2 Å². The number of para-hydroxylation sites is 2. The second-order valence-corrected chi connectivity index (χ2v) is 5.09. The highest BCUT2D eigenvalue weighted by Crippen LogP contribution is 2.28. The van der Waals surface area contributed by atoms with Gasteiger partial charge in [-0.25, -0.2) is 4.79 Å². The molecule has 0 aliphatic heterocycles. The molecular formula is C18H17N3O4. The van der Waals surface area contributed by atoms with Crippen LogP contribution >= 0.6 is 0 Å². The van der Waals surface area contributed by atoms with Crippen LogP contribution in [0.2, 0.25) is 0 Å². The summed E-state index contributed by atoms with van der Waals surface area (Å²) in [4.78, 5) is 11.8. The zero-order valence-corrected chi connectivity index (χ0v) is 13.9. The molecule has 128 valence electrons. The van der Waals surface area contributed by atoms with Gasteiger partial charge in [-0.2, -0.15) is 0 Å². The Balaban J connectivity index is 1.76. The van der Waals surface area contributed by atoms with E-state index in [1.165, 1.54) is 7.11 Å². The van der Waals surface area contributed by atoms with E-state index in [0.29, 0.717) is 28.8 Å². The molecule has 7 nitrogen and oxygen atoms in total.